The predicted octanol–water partition coefficient (Wildman–Crippen LogP) is 1.06. The van der Waals surface area contributed by atoms with Gasteiger partial charge < -0.3 is 26.0 Å². The molecule has 2 amide bonds. The Bertz CT molecular complexity index is 1060. The van der Waals surface area contributed by atoms with E-state index in [9.17, 15) is 19.5 Å². The second kappa shape index (κ2) is 9.46. The Balaban J connectivity index is 1.42. The molecule has 166 valence electrons. The monoisotopic (exact) mass is 436 g/mol. The van der Waals surface area contributed by atoms with E-state index in [1.54, 1.807) is 23.2 Å². The average molecular weight is 436 g/mol. The maximum atomic E-state index is 12.9. The number of aliphatic carboxylic acids is 1. The van der Waals surface area contributed by atoms with Gasteiger partial charge in [-0.05, 0) is 35.7 Å². The highest BCUT2D eigenvalue weighted by molar-refractivity contribution is 6.06. The third-order valence-electron chi connectivity index (χ3n) is 5.33. The highest BCUT2D eigenvalue weighted by Crippen LogP contribution is 2.31. The number of hydrogen-bond donors (Lipinski definition) is 4. The molecule has 0 radical (unpaired) electrons. The van der Waals surface area contributed by atoms with Crippen LogP contribution in [-0.2, 0) is 20.8 Å². The number of fused-ring (bicyclic) bond motifs is 1. The van der Waals surface area contributed by atoms with E-state index in [-0.39, 0.29) is 18.7 Å². The average Bonchev–Trinajstić information content (AvgIpc) is 3.43. The van der Waals surface area contributed by atoms with Gasteiger partial charge in [-0.15, -0.1) is 0 Å². The Labute approximate surface area is 184 Å². The Morgan fingerprint density at radius 2 is 2.12 bits per heavy atom. The van der Waals surface area contributed by atoms with Crippen LogP contribution in [-0.4, -0.2) is 53.5 Å². The van der Waals surface area contributed by atoms with Crippen LogP contribution in [0.5, 0.6) is 0 Å². The van der Waals surface area contributed by atoms with Crippen molar-refractivity contribution in [2.24, 2.45) is 4.99 Å². The molecule has 2 aliphatic rings. The summed E-state index contributed by atoms with van der Waals surface area (Å²) in [6.45, 7) is 2.00. The molecular formula is C22H24N6O4. The number of nitrogens with one attached hydrogen (secondary N) is 3. The lowest BCUT2D eigenvalue weighted by molar-refractivity contribution is -0.137. The zero-order valence-corrected chi connectivity index (χ0v) is 17.4. The number of guanidine groups is 1. The van der Waals surface area contributed by atoms with Gasteiger partial charge in [0, 0.05) is 36.9 Å². The van der Waals surface area contributed by atoms with E-state index in [0.29, 0.717) is 24.5 Å². The van der Waals surface area contributed by atoms with Crippen LogP contribution in [0.3, 0.4) is 0 Å². The minimum absolute atomic E-state index is 0.300. The molecule has 4 N–H and O–H groups in total. The van der Waals surface area contributed by atoms with Gasteiger partial charge in [0.05, 0.1) is 19.0 Å². The fraction of sp³-hybridized carbons (Fsp3) is 0.318. The zero-order chi connectivity index (χ0) is 22.5. The maximum Gasteiger partial charge on any atom is 0.305 e. The van der Waals surface area contributed by atoms with Crippen LogP contribution < -0.4 is 20.9 Å². The minimum Gasteiger partial charge on any atom is -0.481 e. The van der Waals surface area contributed by atoms with Crippen LogP contribution in [0.25, 0.3) is 0 Å². The number of carboxylic acid groups (broad SMARTS) is 1. The number of pyridine rings is 1. The summed E-state index contributed by atoms with van der Waals surface area (Å²) in [5.41, 5.74) is 3.17. The normalized spacial score (nSPS) is 15.4. The lowest BCUT2D eigenvalue weighted by Crippen LogP contribution is -2.37. The molecule has 1 aromatic heterocycles. The molecular weight excluding hydrogens is 412 g/mol. The van der Waals surface area contributed by atoms with Crippen molar-refractivity contribution >= 4 is 35.1 Å². The van der Waals surface area contributed by atoms with E-state index < -0.39 is 17.9 Å². The summed E-state index contributed by atoms with van der Waals surface area (Å²) in [4.78, 5) is 46.6. The van der Waals surface area contributed by atoms with Crippen LogP contribution in [0.15, 0.2) is 47.7 Å². The Morgan fingerprint density at radius 1 is 1.25 bits per heavy atom. The molecule has 1 unspecified atom stereocenters. The van der Waals surface area contributed by atoms with Gasteiger partial charge in [0.1, 0.15) is 6.42 Å². The summed E-state index contributed by atoms with van der Waals surface area (Å²) in [6.07, 6.45) is 3.10. The Hall–Kier alpha value is -3.95. The van der Waals surface area contributed by atoms with Crippen molar-refractivity contribution in [2.45, 2.75) is 25.3 Å². The van der Waals surface area contributed by atoms with Gasteiger partial charge in [0.2, 0.25) is 11.8 Å². The van der Waals surface area contributed by atoms with Crippen LogP contribution in [0, 0.1) is 0 Å². The second-order valence-electron chi connectivity index (χ2n) is 7.60. The van der Waals surface area contributed by atoms with Gasteiger partial charge in [-0.1, -0.05) is 12.1 Å². The van der Waals surface area contributed by atoms with Crippen LogP contribution in [0.1, 0.15) is 30.0 Å². The third-order valence-corrected chi connectivity index (χ3v) is 5.33. The molecule has 3 heterocycles. The Morgan fingerprint density at radius 3 is 2.84 bits per heavy atom. The first-order valence-corrected chi connectivity index (χ1v) is 10.4. The number of carbonyl (C=O) groups excluding carboxylic acids is 2. The summed E-state index contributed by atoms with van der Waals surface area (Å²) in [5, 5.41) is 18.2. The van der Waals surface area contributed by atoms with Crippen molar-refractivity contribution in [1.29, 1.82) is 0 Å². The van der Waals surface area contributed by atoms with Crippen LogP contribution >= 0.6 is 0 Å². The topological polar surface area (TPSA) is 136 Å². The lowest BCUT2D eigenvalue weighted by Gasteiger charge is -2.20. The zero-order valence-electron chi connectivity index (χ0n) is 17.4. The second-order valence-corrected chi connectivity index (χ2v) is 7.60. The van der Waals surface area contributed by atoms with E-state index in [2.05, 4.69) is 25.9 Å². The number of hydrogen-bond acceptors (Lipinski definition) is 7. The predicted molar refractivity (Wildman–Crippen MR) is 118 cm³/mol. The van der Waals surface area contributed by atoms with Crippen molar-refractivity contribution in [3.63, 3.8) is 0 Å². The molecule has 2 aliphatic heterocycles. The van der Waals surface area contributed by atoms with Crippen LogP contribution in [0.2, 0.25) is 0 Å². The number of carbonyl (C=O) groups is 3. The summed E-state index contributed by atoms with van der Waals surface area (Å²) in [7, 11) is 0. The standard InChI is InChI=1S/C22H24N6O4/c29-19(27-17(11-21(31)32)15-2-1-6-23-13-15)12-20(30)28-9-5-14-3-4-16(10-18(14)28)26-22-24-7-8-25-22/h1-4,6,10,13,17H,5,7-9,11-12H2,(H,27,29)(H,31,32)(H2,24,25,26). The summed E-state index contributed by atoms with van der Waals surface area (Å²) < 4.78 is 0. The molecule has 1 atom stereocenters. The number of nitrogens with zero attached hydrogens (tertiary/aromatic N) is 3. The van der Waals surface area contributed by atoms with Crippen LogP contribution in [0.4, 0.5) is 11.4 Å². The number of anilines is 2. The van der Waals surface area contributed by atoms with E-state index in [4.69, 9.17) is 0 Å². The van der Waals surface area contributed by atoms with Crippen molar-refractivity contribution in [3.05, 3.63) is 53.9 Å². The summed E-state index contributed by atoms with van der Waals surface area (Å²) in [5.74, 6) is -1.23. The first-order chi connectivity index (χ1) is 15.5. The number of aliphatic imine (C=N–C) groups is 1. The molecule has 0 fully saturated rings. The molecule has 0 saturated carbocycles. The first kappa shape index (κ1) is 21.3. The van der Waals surface area contributed by atoms with Crippen molar-refractivity contribution in [3.8, 4) is 0 Å². The number of benzene rings is 1. The van der Waals surface area contributed by atoms with E-state index >= 15 is 0 Å². The minimum atomic E-state index is -1.06. The molecule has 4 rings (SSSR count). The maximum absolute atomic E-state index is 12.9. The van der Waals surface area contributed by atoms with E-state index in [1.165, 1.54) is 6.20 Å². The molecule has 0 spiro atoms. The summed E-state index contributed by atoms with van der Waals surface area (Å²) >= 11 is 0. The number of amides is 2. The number of rotatable bonds is 7. The van der Waals surface area contributed by atoms with Gasteiger partial charge in [-0.25, -0.2) is 0 Å². The van der Waals surface area contributed by atoms with Gasteiger partial charge in [-0.2, -0.15) is 0 Å². The van der Waals surface area contributed by atoms with E-state index in [0.717, 1.165) is 30.0 Å². The summed E-state index contributed by atoms with van der Waals surface area (Å²) in [6, 6.07) is 8.38. The first-order valence-electron chi connectivity index (χ1n) is 10.4. The number of aromatic nitrogens is 1. The molecule has 0 bridgehead atoms. The molecule has 10 nitrogen and oxygen atoms in total. The van der Waals surface area contributed by atoms with Gasteiger partial charge in [0.15, 0.2) is 5.96 Å². The fourth-order valence-electron chi connectivity index (χ4n) is 3.82. The number of carboxylic acids is 1. The van der Waals surface area contributed by atoms with Gasteiger partial charge in [0.25, 0.3) is 0 Å². The molecule has 10 heteroatoms. The highest BCUT2D eigenvalue weighted by Gasteiger charge is 2.28. The lowest BCUT2D eigenvalue weighted by atomic mass is 10.1. The van der Waals surface area contributed by atoms with Crippen molar-refractivity contribution in [2.75, 3.05) is 29.9 Å². The molecule has 0 saturated heterocycles. The molecule has 2 aromatic rings. The molecule has 1 aromatic carbocycles. The quantitative estimate of drug-likeness (QED) is 0.477. The van der Waals surface area contributed by atoms with Gasteiger partial charge >= 0.3 is 5.97 Å². The SMILES string of the molecule is O=C(O)CC(NC(=O)CC(=O)N1CCc2ccc(NC3=NCCN3)cc21)c1cccnc1. The molecule has 32 heavy (non-hydrogen) atoms. The van der Waals surface area contributed by atoms with Crippen molar-refractivity contribution < 1.29 is 19.5 Å². The fourth-order valence-corrected chi connectivity index (χ4v) is 3.82. The smallest absolute Gasteiger partial charge is 0.305 e. The van der Waals surface area contributed by atoms with Crippen molar-refractivity contribution in [1.82, 2.24) is 15.6 Å². The largest absolute Gasteiger partial charge is 0.481 e. The Kier molecular flexibility index (Phi) is 6.29. The molecule has 0 aliphatic carbocycles. The van der Waals surface area contributed by atoms with E-state index in [1.807, 2.05) is 18.2 Å². The third kappa shape index (κ3) is 5.02. The highest BCUT2D eigenvalue weighted by atomic mass is 16.4. The van der Waals surface area contributed by atoms with Gasteiger partial charge in [-0.3, -0.25) is 24.4 Å².